The normalized spacial score (nSPS) is 21.1. The summed E-state index contributed by atoms with van der Waals surface area (Å²) >= 11 is 1.62. The number of rotatable bonds is 2. The molecule has 1 aliphatic carbocycles. The van der Waals surface area contributed by atoms with Crippen LogP contribution in [0.25, 0.3) is 0 Å². The minimum Gasteiger partial charge on any atom is -0.362 e. The van der Waals surface area contributed by atoms with E-state index >= 15 is 0 Å². The number of hydrogen-bond acceptors (Lipinski definition) is 3. The van der Waals surface area contributed by atoms with Crippen molar-refractivity contribution >= 4 is 11.8 Å². The Morgan fingerprint density at radius 3 is 2.29 bits per heavy atom. The van der Waals surface area contributed by atoms with Crippen LogP contribution in [0.4, 0.5) is 0 Å². The minimum absolute atomic E-state index is 0.682. The molecule has 1 aromatic rings. The molecule has 0 atom stereocenters. The Labute approximate surface area is 106 Å². The van der Waals surface area contributed by atoms with Crippen LogP contribution in [-0.2, 0) is 0 Å². The first kappa shape index (κ1) is 12.4. The maximum absolute atomic E-state index is 9.80. The summed E-state index contributed by atoms with van der Waals surface area (Å²) in [6.45, 7) is 3.62. The highest BCUT2D eigenvalue weighted by atomic mass is 32.2. The van der Waals surface area contributed by atoms with E-state index in [0.29, 0.717) is 0 Å². The second kappa shape index (κ2) is 4.33. The van der Waals surface area contributed by atoms with E-state index in [-0.39, 0.29) is 0 Å². The van der Waals surface area contributed by atoms with Gasteiger partial charge in [-0.1, -0.05) is 49.9 Å². The molecule has 0 bridgehead atoms. The molecule has 1 aliphatic rings. The Morgan fingerprint density at radius 2 is 1.71 bits per heavy atom. The molecule has 0 heterocycles. The molecule has 0 saturated carbocycles. The zero-order valence-electron chi connectivity index (χ0n) is 9.92. The number of benzene rings is 1. The van der Waals surface area contributed by atoms with Gasteiger partial charge in [-0.25, -0.2) is 0 Å². The van der Waals surface area contributed by atoms with E-state index in [4.69, 9.17) is 0 Å². The van der Waals surface area contributed by atoms with Gasteiger partial charge in [0.2, 0.25) is 0 Å². The molecule has 2 rings (SSSR count). The SMILES string of the molecule is CC1(C)C=C(Sc2ccccc2)C=CC1(O)O. The fourth-order valence-electron chi connectivity index (χ4n) is 1.61. The summed E-state index contributed by atoms with van der Waals surface area (Å²) in [6, 6.07) is 10.0. The summed E-state index contributed by atoms with van der Waals surface area (Å²) in [7, 11) is 0. The lowest BCUT2D eigenvalue weighted by atomic mass is 9.80. The van der Waals surface area contributed by atoms with Gasteiger partial charge in [-0.3, -0.25) is 0 Å². The van der Waals surface area contributed by atoms with Gasteiger partial charge in [0.25, 0.3) is 0 Å². The second-order valence-electron chi connectivity index (χ2n) is 4.74. The molecule has 2 N–H and O–H groups in total. The van der Waals surface area contributed by atoms with Crippen LogP contribution in [0.15, 0.2) is 58.4 Å². The first-order chi connectivity index (χ1) is 7.91. The lowest BCUT2D eigenvalue weighted by Crippen LogP contribution is -2.42. The summed E-state index contributed by atoms with van der Waals surface area (Å²) in [5.41, 5.74) is -0.682. The Bertz CT molecular complexity index is 458. The largest absolute Gasteiger partial charge is 0.362 e. The highest BCUT2D eigenvalue weighted by Gasteiger charge is 2.40. The van der Waals surface area contributed by atoms with Crippen molar-refractivity contribution in [2.45, 2.75) is 24.5 Å². The van der Waals surface area contributed by atoms with E-state index in [0.717, 1.165) is 9.80 Å². The molecular weight excluding hydrogens is 232 g/mol. The first-order valence-corrected chi connectivity index (χ1v) is 6.32. The van der Waals surface area contributed by atoms with E-state index in [1.165, 1.54) is 6.08 Å². The van der Waals surface area contributed by atoms with Crippen LogP contribution >= 0.6 is 11.8 Å². The van der Waals surface area contributed by atoms with E-state index in [2.05, 4.69) is 0 Å². The second-order valence-corrected chi connectivity index (χ2v) is 5.89. The summed E-state index contributed by atoms with van der Waals surface area (Å²) in [4.78, 5) is 2.17. The van der Waals surface area contributed by atoms with E-state index in [9.17, 15) is 10.2 Å². The number of allylic oxidation sites excluding steroid dienone is 1. The van der Waals surface area contributed by atoms with E-state index < -0.39 is 11.2 Å². The van der Waals surface area contributed by atoms with Crippen LogP contribution in [-0.4, -0.2) is 16.0 Å². The Morgan fingerprint density at radius 1 is 1.06 bits per heavy atom. The summed E-state index contributed by atoms with van der Waals surface area (Å²) in [5.74, 6) is -1.77. The molecule has 0 fully saturated rings. The summed E-state index contributed by atoms with van der Waals surface area (Å²) in [6.07, 6.45) is 5.09. The lowest BCUT2D eigenvalue weighted by Gasteiger charge is -2.36. The van der Waals surface area contributed by atoms with Gasteiger partial charge < -0.3 is 10.2 Å². The van der Waals surface area contributed by atoms with Gasteiger partial charge >= 0.3 is 0 Å². The van der Waals surface area contributed by atoms with Crippen LogP contribution in [0.1, 0.15) is 13.8 Å². The predicted molar refractivity (Wildman–Crippen MR) is 70.5 cm³/mol. The van der Waals surface area contributed by atoms with Crippen molar-refractivity contribution in [1.29, 1.82) is 0 Å². The molecule has 0 unspecified atom stereocenters. The number of hydrogen-bond donors (Lipinski definition) is 2. The molecule has 1 aromatic carbocycles. The standard InChI is InChI=1S/C14H16O2S/c1-13(2)10-12(8-9-14(13,15)16)17-11-6-4-3-5-7-11/h3-10,15-16H,1-2H3. The van der Waals surface area contributed by atoms with Gasteiger partial charge in [0.1, 0.15) is 0 Å². The minimum atomic E-state index is -1.77. The van der Waals surface area contributed by atoms with Crippen molar-refractivity contribution in [3.63, 3.8) is 0 Å². The van der Waals surface area contributed by atoms with Crippen LogP contribution in [0, 0.1) is 5.41 Å². The third-order valence-corrected chi connectivity index (χ3v) is 3.91. The van der Waals surface area contributed by atoms with Crippen molar-refractivity contribution < 1.29 is 10.2 Å². The fourth-order valence-corrected chi connectivity index (χ4v) is 2.67. The van der Waals surface area contributed by atoms with Gasteiger partial charge in [0.05, 0.1) is 0 Å². The van der Waals surface area contributed by atoms with Crippen LogP contribution < -0.4 is 0 Å². The van der Waals surface area contributed by atoms with Crippen molar-refractivity contribution in [3.8, 4) is 0 Å². The third-order valence-electron chi connectivity index (χ3n) is 2.91. The summed E-state index contributed by atoms with van der Waals surface area (Å²) < 4.78 is 0. The highest BCUT2D eigenvalue weighted by Crippen LogP contribution is 2.40. The number of thioether (sulfide) groups is 1. The molecule has 0 spiro atoms. The van der Waals surface area contributed by atoms with Crippen LogP contribution in [0.3, 0.4) is 0 Å². The Kier molecular flexibility index (Phi) is 3.17. The first-order valence-electron chi connectivity index (χ1n) is 5.50. The van der Waals surface area contributed by atoms with E-state index in [1.807, 2.05) is 50.3 Å². The highest BCUT2D eigenvalue weighted by molar-refractivity contribution is 8.03. The zero-order chi connectivity index (χ0) is 12.5. The average Bonchev–Trinajstić information content (AvgIpc) is 2.25. The van der Waals surface area contributed by atoms with Gasteiger partial charge in [0, 0.05) is 15.2 Å². The van der Waals surface area contributed by atoms with Crippen LogP contribution in [0.5, 0.6) is 0 Å². The Balaban J connectivity index is 2.20. The van der Waals surface area contributed by atoms with Gasteiger partial charge in [-0.2, -0.15) is 0 Å². The number of aliphatic hydroxyl groups is 2. The van der Waals surface area contributed by atoms with Crippen molar-refractivity contribution in [1.82, 2.24) is 0 Å². The predicted octanol–water partition coefficient (Wildman–Crippen LogP) is 2.94. The molecule has 0 saturated heterocycles. The molecule has 0 amide bonds. The molecule has 3 heteroatoms. The zero-order valence-corrected chi connectivity index (χ0v) is 10.7. The molecular formula is C14H16O2S. The molecule has 0 aromatic heterocycles. The maximum Gasteiger partial charge on any atom is 0.191 e. The molecule has 0 radical (unpaired) electrons. The molecule has 2 nitrogen and oxygen atoms in total. The van der Waals surface area contributed by atoms with Crippen LogP contribution in [0.2, 0.25) is 0 Å². The quantitative estimate of drug-likeness (QED) is 0.791. The van der Waals surface area contributed by atoms with Gasteiger partial charge in [0.15, 0.2) is 5.79 Å². The fraction of sp³-hybridized carbons (Fsp3) is 0.286. The van der Waals surface area contributed by atoms with Crippen molar-refractivity contribution in [2.75, 3.05) is 0 Å². The summed E-state index contributed by atoms with van der Waals surface area (Å²) in [5, 5.41) is 19.6. The smallest absolute Gasteiger partial charge is 0.191 e. The van der Waals surface area contributed by atoms with Crippen molar-refractivity contribution in [2.24, 2.45) is 5.41 Å². The maximum atomic E-state index is 9.80. The monoisotopic (exact) mass is 248 g/mol. The topological polar surface area (TPSA) is 40.5 Å². The molecule has 17 heavy (non-hydrogen) atoms. The van der Waals surface area contributed by atoms with Crippen molar-refractivity contribution in [3.05, 3.63) is 53.5 Å². The third kappa shape index (κ3) is 2.63. The van der Waals surface area contributed by atoms with E-state index in [1.54, 1.807) is 17.8 Å². The molecule has 0 aliphatic heterocycles. The van der Waals surface area contributed by atoms with Gasteiger partial charge in [-0.05, 0) is 24.3 Å². The average molecular weight is 248 g/mol. The van der Waals surface area contributed by atoms with Gasteiger partial charge in [-0.15, -0.1) is 0 Å². The molecule has 90 valence electrons. The Hall–Kier alpha value is -1.03. The lowest BCUT2D eigenvalue weighted by molar-refractivity contribution is -0.178.